The summed E-state index contributed by atoms with van der Waals surface area (Å²) in [5.41, 5.74) is 0.733. The van der Waals surface area contributed by atoms with Gasteiger partial charge in [-0.2, -0.15) is 9.78 Å². The van der Waals surface area contributed by atoms with Gasteiger partial charge in [-0.3, -0.25) is 4.79 Å². The van der Waals surface area contributed by atoms with Gasteiger partial charge in [-0.25, -0.2) is 9.78 Å². The number of nitrogens with one attached hydrogen (secondary N) is 2. The molecule has 0 aliphatic rings. The fraction of sp³-hybridized carbons (Fsp3) is 0.556. The summed E-state index contributed by atoms with van der Waals surface area (Å²) in [5, 5.41) is 18.7. The molecule has 2 aromatic heterocycles. The van der Waals surface area contributed by atoms with Crippen LogP contribution in [0.25, 0.3) is 11.0 Å². The van der Waals surface area contributed by atoms with Gasteiger partial charge in [0.15, 0.2) is 8.32 Å². The predicted octanol–water partition coefficient (Wildman–Crippen LogP) is 2.89. The van der Waals surface area contributed by atoms with Crippen LogP contribution in [-0.4, -0.2) is 59.4 Å². The summed E-state index contributed by atoms with van der Waals surface area (Å²) in [6.45, 7) is 12.6. The van der Waals surface area contributed by atoms with E-state index < -0.39 is 20.5 Å². The van der Waals surface area contributed by atoms with E-state index in [1.807, 2.05) is 6.92 Å². The van der Waals surface area contributed by atoms with E-state index in [9.17, 15) is 9.59 Å². The van der Waals surface area contributed by atoms with Crippen molar-refractivity contribution in [3.63, 3.8) is 0 Å². The Labute approximate surface area is 165 Å². The number of carbonyl (C=O) groups is 2. The molecule has 0 fully saturated rings. The molecule has 2 heterocycles. The second-order valence-electron chi connectivity index (χ2n) is 8.28. The Morgan fingerprint density at radius 3 is 2.46 bits per heavy atom. The number of hydrogen-bond donors (Lipinski definition) is 3. The molecular weight excluding hydrogens is 378 g/mol. The number of likely N-dealkylation sites (N-methyl/N-ethyl adjacent to an activating group) is 1. The maximum Gasteiger partial charge on any atom is 0.432 e. The van der Waals surface area contributed by atoms with E-state index in [0.29, 0.717) is 16.9 Å². The molecule has 1 unspecified atom stereocenters. The summed E-state index contributed by atoms with van der Waals surface area (Å²) in [4.78, 5) is 28.2. The Kier molecular flexibility index (Phi) is 6.26. The third kappa shape index (κ3) is 4.57. The van der Waals surface area contributed by atoms with Crippen LogP contribution in [0.15, 0.2) is 18.3 Å². The summed E-state index contributed by atoms with van der Waals surface area (Å²) in [5.74, 6) is 0.0494. The molecule has 2 atom stereocenters. The highest BCUT2D eigenvalue weighted by Gasteiger charge is 2.40. The van der Waals surface area contributed by atoms with Crippen LogP contribution in [0.1, 0.15) is 27.7 Å². The van der Waals surface area contributed by atoms with E-state index in [0.717, 1.165) is 4.68 Å². The van der Waals surface area contributed by atoms with Crippen molar-refractivity contribution in [3.05, 3.63) is 18.3 Å². The second-order valence-corrected chi connectivity index (χ2v) is 13.0. The quantitative estimate of drug-likeness (QED) is 0.630. The molecule has 28 heavy (non-hydrogen) atoms. The normalized spacial score (nSPS) is 14.7. The van der Waals surface area contributed by atoms with Crippen LogP contribution in [0, 0.1) is 0 Å². The van der Waals surface area contributed by atoms with Crippen molar-refractivity contribution >= 4 is 37.2 Å². The molecule has 0 aliphatic carbocycles. The zero-order chi connectivity index (χ0) is 21.3. The maximum atomic E-state index is 12.8. The summed E-state index contributed by atoms with van der Waals surface area (Å²) in [6.07, 6.45) is -0.178. The minimum Gasteiger partial charge on any atom is -0.463 e. The molecule has 0 spiro atoms. The van der Waals surface area contributed by atoms with Crippen LogP contribution in [0.5, 0.6) is 0 Å². The Bertz CT molecular complexity index is 874. The largest absolute Gasteiger partial charge is 0.463 e. The van der Waals surface area contributed by atoms with Crippen LogP contribution < -0.4 is 10.6 Å². The molecule has 2 rings (SSSR count). The van der Waals surface area contributed by atoms with Crippen LogP contribution in [-0.2, 0) is 9.22 Å². The fourth-order valence-electron chi connectivity index (χ4n) is 2.63. The van der Waals surface area contributed by atoms with Crippen molar-refractivity contribution in [2.75, 3.05) is 12.4 Å². The number of pyridine rings is 1. The molecule has 0 radical (unpaired) electrons. The van der Waals surface area contributed by atoms with Crippen molar-refractivity contribution < 1.29 is 19.1 Å². The van der Waals surface area contributed by atoms with Crippen molar-refractivity contribution in [2.24, 2.45) is 0 Å². The number of nitrogens with zero attached hydrogens (tertiary/aromatic N) is 3. The van der Waals surface area contributed by atoms with Crippen molar-refractivity contribution in [2.45, 2.75) is 58.0 Å². The lowest BCUT2D eigenvalue weighted by atomic mass is 10.1. The Balaban J connectivity index is 2.15. The van der Waals surface area contributed by atoms with Crippen molar-refractivity contribution in [3.8, 4) is 0 Å². The van der Waals surface area contributed by atoms with Gasteiger partial charge in [-0.05, 0) is 44.2 Å². The number of rotatable bonds is 6. The minimum absolute atomic E-state index is 0.0346. The van der Waals surface area contributed by atoms with Gasteiger partial charge in [0.05, 0.1) is 17.8 Å². The van der Waals surface area contributed by atoms with Gasteiger partial charge in [0, 0.05) is 0 Å². The van der Waals surface area contributed by atoms with Crippen LogP contribution in [0.2, 0.25) is 18.1 Å². The molecule has 9 nitrogen and oxygen atoms in total. The van der Waals surface area contributed by atoms with Gasteiger partial charge in [-0.15, -0.1) is 0 Å². The number of hydrogen-bond acceptors (Lipinski definition) is 6. The number of aromatic nitrogens is 3. The van der Waals surface area contributed by atoms with E-state index in [4.69, 9.17) is 9.53 Å². The van der Waals surface area contributed by atoms with Gasteiger partial charge >= 0.3 is 6.09 Å². The molecular formula is C18H29N5O4Si. The topological polar surface area (TPSA) is 118 Å². The fourth-order valence-corrected chi connectivity index (χ4v) is 4.05. The Morgan fingerprint density at radius 2 is 1.93 bits per heavy atom. The highest BCUT2D eigenvalue weighted by Crippen LogP contribution is 2.37. The third-order valence-corrected chi connectivity index (χ3v) is 9.78. The molecule has 0 bridgehead atoms. The first-order valence-corrected chi connectivity index (χ1v) is 12.0. The lowest BCUT2D eigenvalue weighted by Gasteiger charge is -2.40. The highest BCUT2D eigenvalue weighted by molar-refractivity contribution is 6.74. The lowest BCUT2D eigenvalue weighted by Crippen LogP contribution is -2.53. The van der Waals surface area contributed by atoms with Crippen molar-refractivity contribution in [1.82, 2.24) is 20.1 Å². The first-order chi connectivity index (χ1) is 12.9. The Morgan fingerprint density at radius 1 is 1.29 bits per heavy atom. The molecule has 0 aromatic carbocycles. The second kappa shape index (κ2) is 7.98. The lowest BCUT2D eigenvalue weighted by molar-refractivity contribution is -0.120. The molecule has 10 heteroatoms. The van der Waals surface area contributed by atoms with Gasteiger partial charge in [0.2, 0.25) is 5.91 Å². The SMILES string of the molecule is CN[C@@H](C(=O)Nc1ccc2c(cnn2C(=O)O)n1)C(C)O[Si](C)(C)C(C)(C)C. The van der Waals surface area contributed by atoms with Crippen LogP contribution in [0.3, 0.4) is 0 Å². The molecule has 154 valence electrons. The zero-order valence-corrected chi connectivity index (χ0v) is 18.4. The van der Waals surface area contributed by atoms with E-state index >= 15 is 0 Å². The van der Waals surface area contributed by atoms with E-state index in [-0.39, 0.29) is 17.0 Å². The minimum atomic E-state index is -2.03. The van der Waals surface area contributed by atoms with Gasteiger partial charge in [-0.1, -0.05) is 20.8 Å². The zero-order valence-electron chi connectivity index (χ0n) is 17.4. The smallest absolute Gasteiger partial charge is 0.432 e. The maximum absolute atomic E-state index is 12.8. The number of carboxylic acid groups (broad SMARTS) is 1. The standard InChI is InChI=1S/C18H29N5O4Si/c1-11(27-28(6,7)18(2,3)4)15(19-5)16(24)22-14-9-8-13-12(21-14)10-20-23(13)17(25)26/h8-11,15,19H,1-7H3,(H,25,26)(H,21,22,24)/t11?,15-/m1/s1. The number of amides is 1. The monoisotopic (exact) mass is 407 g/mol. The molecule has 0 saturated carbocycles. The molecule has 0 aliphatic heterocycles. The van der Waals surface area contributed by atoms with E-state index in [2.05, 4.69) is 54.6 Å². The number of fused-ring (bicyclic) bond motifs is 1. The number of anilines is 1. The Hall–Kier alpha value is -2.30. The summed E-state index contributed by atoms with van der Waals surface area (Å²) >= 11 is 0. The number of carbonyl (C=O) groups excluding carboxylic acids is 1. The highest BCUT2D eigenvalue weighted by atomic mass is 28.4. The van der Waals surface area contributed by atoms with E-state index in [1.54, 1.807) is 19.2 Å². The van der Waals surface area contributed by atoms with Gasteiger partial charge in [0.1, 0.15) is 17.4 Å². The van der Waals surface area contributed by atoms with Gasteiger partial charge < -0.3 is 20.2 Å². The molecule has 3 N–H and O–H groups in total. The average molecular weight is 408 g/mol. The first kappa shape index (κ1) is 22.0. The molecule has 0 saturated heterocycles. The van der Waals surface area contributed by atoms with Crippen molar-refractivity contribution in [1.29, 1.82) is 0 Å². The molecule has 1 amide bonds. The predicted molar refractivity (Wildman–Crippen MR) is 110 cm³/mol. The van der Waals surface area contributed by atoms with Crippen LogP contribution >= 0.6 is 0 Å². The summed E-state index contributed by atoms with van der Waals surface area (Å²) < 4.78 is 7.16. The van der Waals surface area contributed by atoms with Crippen LogP contribution in [0.4, 0.5) is 10.6 Å². The first-order valence-electron chi connectivity index (χ1n) is 9.11. The third-order valence-electron chi connectivity index (χ3n) is 5.21. The average Bonchev–Trinajstić information content (AvgIpc) is 2.97. The molecule has 2 aromatic rings. The van der Waals surface area contributed by atoms with Gasteiger partial charge in [0.25, 0.3) is 0 Å². The summed E-state index contributed by atoms with van der Waals surface area (Å²) in [7, 11) is -0.320. The van der Waals surface area contributed by atoms with E-state index in [1.165, 1.54) is 6.20 Å². The summed E-state index contributed by atoms with van der Waals surface area (Å²) in [6, 6.07) is 2.55.